The molecule has 0 fully saturated rings. The van der Waals surface area contributed by atoms with Crippen LogP contribution in [0.2, 0.25) is 0 Å². The topological polar surface area (TPSA) is 6.48 Å². The summed E-state index contributed by atoms with van der Waals surface area (Å²) in [5.74, 6) is 0. The van der Waals surface area contributed by atoms with Crippen molar-refractivity contribution in [1.29, 1.82) is 0 Å². The van der Waals surface area contributed by atoms with Gasteiger partial charge >= 0.3 is 0 Å². The van der Waals surface area contributed by atoms with Crippen molar-refractivity contribution in [2.75, 3.05) is 9.80 Å². The first kappa shape index (κ1) is 36.0. The third-order valence-corrected chi connectivity index (χ3v) is 10.6. The summed E-state index contributed by atoms with van der Waals surface area (Å²) >= 11 is 0. The van der Waals surface area contributed by atoms with Gasteiger partial charge in [-0.2, -0.15) is 0 Å². The Labute approximate surface area is 322 Å². The Morgan fingerprint density at radius 1 is 0.296 bits per heavy atom. The summed E-state index contributed by atoms with van der Waals surface area (Å²) in [6, 6.07) is 56.6. The van der Waals surface area contributed by atoms with Crippen LogP contribution in [0.5, 0.6) is 0 Å². The number of para-hydroxylation sites is 2. The predicted molar refractivity (Wildman–Crippen MR) is 235 cm³/mol. The fraction of sp³-hybridized carbons (Fsp3) is 0.115. The zero-order valence-corrected chi connectivity index (χ0v) is 32.2. The van der Waals surface area contributed by atoms with E-state index in [0.717, 1.165) is 33.9 Å². The van der Waals surface area contributed by atoms with Crippen LogP contribution in [0.15, 0.2) is 158 Å². The lowest BCUT2D eigenvalue weighted by Crippen LogP contribution is -2.10. The first-order valence-electron chi connectivity index (χ1n) is 18.8. The van der Waals surface area contributed by atoms with E-state index in [2.05, 4.69) is 233 Å². The molecule has 0 bridgehead atoms. The zero-order chi connectivity index (χ0) is 37.6. The molecule has 2 nitrogen and oxygen atoms in total. The molecule has 0 N–H and O–H groups in total. The quantitative estimate of drug-likeness (QED) is 0.131. The average Bonchev–Trinajstić information content (AvgIpc) is 3.19. The molecular weight excluding hydrogens is 653 g/mol. The van der Waals surface area contributed by atoms with Crippen molar-refractivity contribution in [2.24, 2.45) is 0 Å². The lowest BCUT2D eigenvalue weighted by atomic mass is 10.0. The molecule has 7 aromatic rings. The lowest BCUT2D eigenvalue weighted by molar-refractivity contribution is 1.21. The average molecular weight is 701 g/mol. The first-order chi connectivity index (χ1) is 26.2. The number of anilines is 6. The number of rotatable bonds is 10. The van der Waals surface area contributed by atoms with E-state index in [1.165, 1.54) is 55.9 Å². The Balaban J connectivity index is 1.11. The largest absolute Gasteiger partial charge is 0.310 e. The van der Waals surface area contributed by atoms with Crippen LogP contribution in [0.1, 0.15) is 55.6 Å². The highest BCUT2D eigenvalue weighted by Gasteiger charge is 2.15. The standard InChI is InChI=1S/C52H48N2/c1-37-33-51(34-38(2)41(37)5)53(47-17-9-7-10-18-47)49-29-23-43(24-30-49)21-27-45-15-13-14-16-46(45)28-22-44-25-31-50(32-26-44)54(48-19-11-8-12-20-48)52-35-39(3)42(6)40(4)36-52/h7-36H,1-6H3. The monoisotopic (exact) mass is 700 g/mol. The molecule has 7 rings (SSSR count). The Morgan fingerprint density at radius 3 is 0.926 bits per heavy atom. The van der Waals surface area contributed by atoms with Crippen molar-refractivity contribution < 1.29 is 0 Å². The zero-order valence-electron chi connectivity index (χ0n) is 32.2. The Morgan fingerprint density at radius 2 is 0.593 bits per heavy atom. The highest BCUT2D eigenvalue weighted by molar-refractivity contribution is 5.83. The minimum atomic E-state index is 1.13. The lowest BCUT2D eigenvalue weighted by Gasteiger charge is -2.27. The van der Waals surface area contributed by atoms with Gasteiger partial charge in [-0.05, 0) is 170 Å². The molecule has 0 aromatic heterocycles. The maximum atomic E-state index is 2.34. The predicted octanol–water partition coefficient (Wildman–Crippen LogP) is 14.8. The molecule has 0 aliphatic rings. The normalized spacial score (nSPS) is 11.4. The van der Waals surface area contributed by atoms with Crippen molar-refractivity contribution >= 4 is 58.4 Å². The fourth-order valence-corrected chi connectivity index (χ4v) is 6.99. The van der Waals surface area contributed by atoms with Crippen LogP contribution in [0, 0.1) is 41.5 Å². The Bertz CT molecular complexity index is 2200. The molecule has 0 radical (unpaired) electrons. The van der Waals surface area contributed by atoms with E-state index in [1.807, 2.05) is 0 Å². The van der Waals surface area contributed by atoms with Gasteiger partial charge in [-0.15, -0.1) is 0 Å². The fourth-order valence-electron chi connectivity index (χ4n) is 6.99. The highest BCUT2D eigenvalue weighted by Crippen LogP contribution is 2.38. The van der Waals surface area contributed by atoms with Crippen LogP contribution < -0.4 is 9.80 Å². The molecule has 2 heteroatoms. The minimum Gasteiger partial charge on any atom is -0.310 e. The van der Waals surface area contributed by atoms with Crippen molar-refractivity contribution in [1.82, 2.24) is 0 Å². The number of benzene rings is 7. The molecule has 0 spiro atoms. The molecule has 0 atom stereocenters. The van der Waals surface area contributed by atoms with E-state index in [1.54, 1.807) is 0 Å². The molecule has 7 aromatic carbocycles. The van der Waals surface area contributed by atoms with E-state index in [9.17, 15) is 0 Å². The number of hydrogen-bond acceptors (Lipinski definition) is 2. The molecule has 266 valence electrons. The Kier molecular flexibility index (Phi) is 10.7. The summed E-state index contributed by atoms with van der Waals surface area (Å²) in [6.45, 7) is 13.2. The van der Waals surface area contributed by atoms with E-state index in [0.29, 0.717) is 0 Å². The highest BCUT2D eigenvalue weighted by atomic mass is 15.1. The molecule has 0 heterocycles. The third kappa shape index (κ3) is 7.99. The molecule has 0 amide bonds. The molecule has 0 aliphatic heterocycles. The molecule has 0 saturated carbocycles. The van der Waals surface area contributed by atoms with E-state index >= 15 is 0 Å². The molecule has 0 saturated heterocycles. The second-order valence-corrected chi connectivity index (χ2v) is 14.2. The summed E-state index contributed by atoms with van der Waals surface area (Å²) in [4.78, 5) is 4.67. The summed E-state index contributed by atoms with van der Waals surface area (Å²) < 4.78 is 0. The van der Waals surface area contributed by atoms with Gasteiger partial charge in [-0.1, -0.05) is 109 Å². The van der Waals surface area contributed by atoms with Gasteiger partial charge in [0.2, 0.25) is 0 Å². The SMILES string of the molecule is Cc1cc(N(c2ccccc2)c2ccc(C=Cc3ccccc3C=Cc3ccc(N(c4ccccc4)c4cc(C)c(C)c(C)c4)cc3)cc2)cc(C)c1C. The molecule has 0 aliphatic carbocycles. The van der Waals surface area contributed by atoms with Gasteiger partial charge in [-0.25, -0.2) is 0 Å². The van der Waals surface area contributed by atoms with Gasteiger partial charge in [0.1, 0.15) is 0 Å². The number of nitrogens with zero attached hydrogens (tertiary/aromatic N) is 2. The van der Waals surface area contributed by atoms with E-state index < -0.39 is 0 Å². The van der Waals surface area contributed by atoms with Crippen molar-refractivity contribution in [3.8, 4) is 0 Å². The summed E-state index contributed by atoms with van der Waals surface area (Å²) in [5, 5.41) is 0. The van der Waals surface area contributed by atoms with Crippen LogP contribution in [0.25, 0.3) is 24.3 Å². The molecular formula is C52H48N2. The second kappa shape index (κ2) is 16.1. The number of aryl methyl sites for hydroxylation is 4. The van der Waals surface area contributed by atoms with Crippen LogP contribution in [-0.2, 0) is 0 Å². The molecule has 0 unspecified atom stereocenters. The van der Waals surface area contributed by atoms with Gasteiger partial charge < -0.3 is 9.80 Å². The van der Waals surface area contributed by atoms with Crippen LogP contribution in [0.4, 0.5) is 34.1 Å². The maximum Gasteiger partial charge on any atom is 0.0467 e. The Hall–Kier alpha value is -6.38. The summed E-state index contributed by atoms with van der Waals surface area (Å²) in [5.41, 5.74) is 19.4. The third-order valence-electron chi connectivity index (χ3n) is 10.6. The maximum absolute atomic E-state index is 2.34. The van der Waals surface area contributed by atoms with Gasteiger partial charge in [-0.3, -0.25) is 0 Å². The van der Waals surface area contributed by atoms with Crippen molar-refractivity contribution in [3.63, 3.8) is 0 Å². The smallest absolute Gasteiger partial charge is 0.0467 e. The van der Waals surface area contributed by atoms with E-state index in [-0.39, 0.29) is 0 Å². The second-order valence-electron chi connectivity index (χ2n) is 14.2. The van der Waals surface area contributed by atoms with Gasteiger partial charge in [0.15, 0.2) is 0 Å². The summed E-state index contributed by atoms with van der Waals surface area (Å²) in [7, 11) is 0. The summed E-state index contributed by atoms with van der Waals surface area (Å²) in [6.07, 6.45) is 8.82. The molecule has 54 heavy (non-hydrogen) atoms. The van der Waals surface area contributed by atoms with Crippen LogP contribution in [-0.4, -0.2) is 0 Å². The van der Waals surface area contributed by atoms with Crippen LogP contribution >= 0.6 is 0 Å². The van der Waals surface area contributed by atoms with Crippen molar-refractivity contribution in [2.45, 2.75) is 41.5 Å². The first-order valence-corrected chi connectivity index (χ1v) is 18.8. The van der Waals surface area contributed by atoms with E-state index in [4.69, 9.17) is 0 Å². The van der Waals surface area contributed by atoms with Gasteiger partial charge in [0.05, 0.1) is 0 Å². The van der Waals surface area contributed by atoms with Crippen LogP contribution in [0.3, 0.4) is 0 Å². The minimum absolute atomic E-state index is 1.13. The number of hydrogen-bond donors (Lipinski definition) is 0. The van der Waals surface area contributed by atoms with Gasteiger partial charge in [0.25, 0.3) is 0 Å². The van der Waals surface area contributed by atoms with Crippen molar-refractivity contribution in [3.05, 3.63) is 213 Å². The van der Waals surface area contributed by atoms with Gasteiger partial charge in [0, 0.05) is 34.1 Å².